The molecule has 1 aliphatic heterocycles. The van der Waals surface area contributed by atoms with Gasteiger partial charge in [0.05, 0.1) is 18.9 Å². The molecule has 2 heterocycles. The van der Waals surface area contributed by atoms with Gasteiger partial charge in [0.1, 0.15) is 5.75 Å². The first-order chi connectivity index (χ1) is 13.3. The van der Waals surface area contributed by atoms with Crippen molar-refractivity contribution >= 4 is 28.2 Å². The summed E-state index contributed by atoms with van der Waals surface area (Å²) in [7, 11) is 0. The summed E-state index contributed by atoms with van der Waals surface area (Å²) in [6.07, 6.45) is 1.73. The van der Waals surface area contributed by atoms with Crippen LogP contribution in [0.2, 0.25) is 0 Å². The summed E-state index contributed by atoms with van der Waals surface area (Å²) in [5.74, 6) is 1.22. The molecule has 4 rings (SSSR count). The number of hydrogen-bond acceptors (Lipinski definition) is 5. The molecule has 1 N–H and O–H groups in total. The van der Waals surface area contributed by atoms with E-state index in [0.29, 0.717) is 24.7 Å². The zero-order valence-electron chi connectivity index (χ0n) is 14.9. The Bertz CT molecular complexity index is 939. The van der Waals surface area contributed by atoms with Crippen LogP contribution in [0.4, 0.5) is 11.5 Å². The number of carbonyl (C=O) groups is 1. The van der Waals surface area contributed by atoms with Gasteiger partial charge in [-0.15, -0.1) is 0 Å². The second-order valence-corrected chi connectivity index (χ2v) is 6.32. The molecule has 0 atom stereocenters. The number of nitrogens with zero attached hydrogens (tertiary/aromatic N) is 2. The normalized spacial score (nSPS) is 14.1. The van der Waals surface area contributed by atoms with Gasteiger partial charge in [0, 0.05) is 19.3 Å². The minimum absolute atomic E-state index is 0.0597. The molecule has 0 spiro atoms. The molecular formula is C21H21N3O3. The number of morpholine rings is 1. The number of ether oxygens (including phenoxy) is 2. The maximum absolute atomic E-state index is 12.4. The lowest BCUT2D eigenvalue weighted by atomic mass is 10.1. The topological polar surface area (TPSA) is 63.7 Å². The molecule has 0 radical (unpaired) electrons. The molecule has 0 unspecified atom stereocenters. The second kappa shape index (κ2) is 8.05. The van der Waals surface area contributed by atoms with Gasteiger partial charge in [-0.05, 0) is 35.0 Å². The highest BCUT2D eigenvalue weighted by molar-refractivity contribution is 5.94. The molecule has 1 aliphatic rings. The van der Waals surface area contributed by atoms with E-state index in [-0.39, 0.29) is 12.5 Å². The number of rotatable bonds is 5. The maximum atomic E-state index is 12.4. The number of aromatic nitrogens is 1. The summed E-state index contributed by atoms with van der Waals surface area (Å²) in [5, 5.41) is 5.13. The molecule has 138 valence electrons. The van der Waals surface area contributed by atoms with Crippen molar-refractivity contribution in [2.75, 3.05) is 43.1 Å². The molecular weight excluding hydrogens is 342 g/mol. The van der Waals surface area contributed by atoms with Crippen molar-refractivity contribution in [2.24, 2.45) is 0 Å². The van der Waals surface area contributed by atoms with Gasteiger partial charge in [-0.1, -0.05) is 30.3 Å². The zero-order valence-corrected chi connectivity index (χ0v) is 14.9. The zero-order chi connectivity index (χ0) is 18.5. The van der Waals surface area contributed by atoms with Gasteiger partial charge >= 0.3 is 0 Å². The SMILES string of the molecule is O=C(COc1ccc2ccccc2c1)Nc1cccnc1N1CCOCC1. The van der Waals surface area contributed by atoms with Crippen LogP contribution in [0.25, 0.3) is 10.8 Å². The summed E-state index contributed by atoms with van der Waals surface area (Å²) < 4.78 is 11.1. The summed E-state index contributed by atoms with van der Waals surface area (Å²) in [6.45, 7) is 2.78. The number of amides is 1. The lowest BCUT2D eigenvalue weighted by molar-refractivity contribution is -0.118. The predicted molar refractivity (Wildman–Crippen MR) is 105 cm³/mol. The maximum Gasteiger partial charge on any atom is 0.262 e. The molecule has 0 bridgehead atoms. The van der Waals surface area contributed by atoms with Crippen LogP contribution in [-0.2, 0) is 9.53 Å². The second-order valence-electron chi connectivity index (χ2n) is 6.32. The van der Waals surface area contributed by atoms with E-state index in [1.807, 2.05) is 54.6 Å². The molecule has 1 saturated heterocycles. The van der Waals surface area contributed by atoms with Crippen molar-refractivity contribution in [1.82, 2.24) is 4.98 Å². The van der Waals surface area contributed by atoms with Crippen LogP contribution >= 0.6 is 0 Å². The van der Waals surface area contributed by atoms with Gasteiger partial charge in [0.25, 0.3) is 5.91 Å². The Hall–Kier alpha value is -3.12. The summed E-state index contributed by atoms with van der Waals surface area (Å²) in [4.78, 5) is 18.9. The van der Waals surface area contributed by atoms with Crippen LogP contribution in [0, 0.1) is 0 Å². The molecule has 1 fully saturated rings. The van der Waals surface area contributed by atoms with Crippen molar-refractivity contribution in [1.29, 1.82) is 0 Å². The first-order valence-corrected chi connectivity index (χ1v) is 8.99. The van der Waals surface area contributed by atoms with Gasteiger partial charge in [0.15, 0.2) is 12.4 Å². The average molecular weight is 363 g/mol. The molecule has 3 aromatic rings. The Morgan fingerprint density at radius 2 is 1.89 bits per heavy atom. The molecule has 6 heteroatoms. The van der Waals surface area contributed by atoms with E-state index in [2.05, 4.69) is 15.2 Å². The molecule has 1 aromatic heterocycles. The highest BCUT2D eigenvalue weighted by Gasteiger charge is 2.17. The Morgan fingerprint density at radius 3 is 2.74 bits per heavy atom. The van der Waals surface area contributed by atoms with Crippen molar-refractivity contribution < 1.29 is 14.3 Å². The van der Waals surface area contributed by atoms with E-state index < -0.39 is 0 Å². The van der Waals surface area contributed by atoms with Gasteiger partial charge < -0.3 is 19.7 Å². The highest BCUT2D eigenvalue weighted by atomic mass is 16.5. The monoisotopic (exact) mass is 363 g/mol. The summed E-state index contributed by atoms with van der Waals surface area (Å²) in [6, 6.07) is 17.5. The van der Waals surface area contributed by atoms with Crippen molar-refractivity contribution in [2.45, 2.75) is 0 Å². The van der Waals surface area contributed by atoms with E-state index in [9.17, 15) is 4.79 Å². The van der Waals surface area contributed by atoms with Crippen LogP contribution < -0.4 is 15.0 Å². The minimum atomic E-state index is -0.217. The summed E-state index contributed by atoms with van der Waals surface area (Å²) in [5.41, 5.74) is 0.687. The Balaban J connectivity index is 1.40. The number of benzene rings is 2. The van der Waals surface area contributed by atoms with E-state index in [1.165, 1.54) is 0 Å². The number of pyridine rings is 1. The van der Waals surface area contributed by atoms with Crippen molar-refractivity contribution in [3.63, 3.8) is 0 Å². The quantitative estimate of drug-likeness (QED) is 0.755. The standard InChI is InChI=1S/C21H21N3O3/c25-20(15-27-18-8-7-16-4-1-2-5-17(16)14-18)23-19-6-3-9-22-21(19)24-10-12-26-13-11-24/h1-9,14H,10-13,15H2,(H,23,25). The van der Waals surface area contributed by atoms with Crippen molar-refractivity contribution in [3.05, 3.63) is 60.8 Å². The molecule has 1 amide bonds. The largest absolute Gasteiger partial charge is 0.484 e. The van der Waals surface area contributed by atoms with Crippen molar-refractivity contribution in [3.8, 4) is 5.75 Å². The minimum Gasteiger partial charge on any atom is -0.484 e. The number of nitrogens with one attached hydrogen (secondary N) is 1. The third kappa shape index (κ3) is 4.17. The fourth-order valence-electron chi connectivity index (χ4n) is 3.11. The van der Waals surface area contributed by atoms with Gasteiger partial charge in [-0.25, -0.2) is 4.98 Å². The van der Waals surface area contributed by atoms with E-state index in [0.717, 1.165) is 29.7 Å². The third-order valence-electron chi connectivity index (χ3n) is 4.46. The van der Waals surface area contributed by atoms with Gasteiger partial charge in [-0.2, -0.15) is 0 Å². The smallest absolute Gasteiger partial charge is 0.262 e. The van der Waals surface area contributed by atoms with Crippen LogP contribution in [0.5, 0.6) is 5.75 Å². The number of fused-ring (bicyclic) bond motifs is 1. The van der Waals surface area contributed by atoms with E-state index in [4.69, 9.17) is 9.47 Å². The Kier molecular flexibility index (Phi) is 5.16. The summed E-state index contributed by atoms with van der Waals surface area (Å²) >= 11 is 0. The van der Waals surface area contributed by atoms with E-state index >= 15 is 0 Å². The highest BCUT2D eigenvalue weighted by Crippen LogP contribution is 2.24. The molecule has 6 nitrogen and oxygen atoms in total. The van der Waals surface area contributed by atoms with Gasteiger partial charge in [-0.3, -0.25) is 4.79 Å². The number of hydrogen-bond donors (Lipinski definition) is 1. The predicted octanol–water partition coefficient (Wildman–Crippen LogP) is 3.09. The molecule has 0 aliphatic carbocycles. The number of anilines is 2. The first-order valence-electron chi connectivity index (χ1n) is 8.99. The Morgan fingerprint density at radius 1 is 1.07 bits per heavy atom. The van der Waals surface area contributed by atoms with Crippen LogP contribution in [0.3, 0.4) is 0 Å². The molecule has 27 heavy (non-hydrogen) atoms. The lowest BCUT2D eigenvalue weighted by Gasteiger charge is -2.29. The van der Waals surface area contributed by atoms with E-state index in [1.54, 1.807) is 6.20 Å². The molecule has 0 saturated carbocycles. The Labute approximate surface area is 157 Å². The average Bonchev–Trinajstić information content (AvgIpc) is 2.73. The lowest BCUT2D eigenvalue weighted by Crippen LogP contribution is -2.37. The van der Waals surface area contributed by atoms with Gasteiger partial charge in [0.2, 0.25) is 0 Å². The van der Waals surface area contributed by atoms with Crippen LogP contribution in [0.15, 0.2) is 60.8 Å². The number of carbonyl (C=O) groups excluding carboxylic acids is 1. The third-order valence-corrected chi connectivity index (χ3v) is 4.46. The van der Waals surface area contributed by atoms with Crippen LogP contribution in [-0.4, -0.2) is 43.8 Å². The van der Waals surface area contributed by atoms with Crippen LogP contribution in [0.1, 0.15) is 0 Å². The fraction of sp³-hybridized carbons (Fsp3) is 0.238. The fourth-order valence-corrected chi connectivity index (χ4v) is 3.11. The first kappa shape index (κ1) is 17.3. The molecule has 2 aromatic carbocycles.